The van der Waals surface area contributed by atoms with Crippen molar-refractivity contribution in [2.45, 2.75) is 38.6 Å². The summed E-state index contributed by atoms with van der Waals surface area (Å²) >= 11 is 4.22. The minimum absolute atomic E-state index is 0.180. The van der Waals surface area contributed by atoms with Crippen LogP contribution in [0.5, 0.6) is 0 Å². The lowest BCUT2D eigenvalue weighted by Gasteiger charge is -2.41. The quantitative estimate of drug-likeness (QED) is 0.614. The maximum absolute atomic E-state index is 14.2. The van der Waals surface area contributed by atoms with Crippen LogP contribution in [0.3, 0.4) is 0 Å². The van der Waals surface area contributed by atoms with Crippen LogP contribution in [0.25, 0.3) is 0 Å². The molecule has 5 nitrogen and oxygen atoms in total. The number of piperazine rings is 1. The number of pyridine rings is 1. The highest BCUT2D eigenvalue weighted by Gasteiger charge is 2.35. The minimum Gasteiger partial charge on any atom is -0.444 e. The lowest BCUT2D eigenvalue weighted by Crippen LogP contribution is -2.56. The number of hydrogen-bond acceptors (Lipinski definition) is 5. The summed E-state index contributed by atoms with van der Waals surface area (Å²) in [6.45, 7) is 5.90. The molecule has 26 heavy (non-hydrogen) atoms. The summed E-state index contributed by atoms with van der Waals surface area (Å²) in [5.74, 6) is -0.972. The zero-order chi connectivity index (χ0) is 19.7. The van der Waals surface area contributed by atoms with Crippen LogP contribution in [0.4, 0.5) is 28.2 Å². The number of nitrogens with zero attached hydrogens (tertiary/aromatic N) is 3. The molecule has 0 radical (unpaired) electrons. The average molecular weight is 395 g/mol. The maximum Gasteiger partial charge on any atom is 0.417 e. The van der Waals surface area contributed by atoms with Crippen molar-refractivity contribution < 1.29 is 27.1 Å². The van der Waals surface area contributed by atoms with Crippen LogP contribution in [0, 0.1) is 5.82 Å². The molecular formula is C16H21F4N3O2S. The third-order valence-corrected chi connectivity index (χ3v) is 4.19. The van der Waals surface area contributed by atoms with E-state index in [0.717, 1.165) is 0 Å². The largest absolute Gasteiger partial charge is 0.444 e. The number of ether oxygens (including phenoxy) is 1. The molecule has 0 saturated carbocycles. The fourth-order valence-corrected chi connectivity index (χ4v) is 2.89. The van der Waals surface area contributed by atoms with Gasteiger partial charge in [0.1, 0.15) is 5.60 Å². The molecule has 2 heterocycles. The van der Waals surface area contributed by atoms with E-state index in [4.69, 9.17) is 4.74 Å². The van der Waals surface area contributed by atoms with Gasteiger partial charge >= 0.3 is 12.3 Å². The molecule has 1 atom stereocenters. The second-order valence-corrected chi connectivity index (χ2v) is 7.35. The Morgan fingerprint density at radius 2 is 2.00 bits per heavy atom. The number of alkyl halides is 3. The van der Waals surface area contributed by atoms with Gasteiger partial charge < -0.3 is 14.5 Å². The number of carbonyl (C=O) groups is 1. The Labute approximate surface area is 154 Å². The zero-order valence-electron chi connectivity index (χ0n) is 14.7. The Bertz CT molecular complexity index is 664. The standard InChI is InChI=1S/C16H21F4N3O2S/c1-15(2,3)25-14(24)22-4-5-23(11(8-22)9-26)13-12(17)6-10(7-21-13)16(18,19)20/h6-7,11,26H,4-5,8-9H2,1-3H3/t11-/m0/s1. The van der Waals surface area contributed by atoms with Gasteiger partial charge in [0.2, 0.25) is 0 Å². The predicted molar refractivity (Wildman–Crippen MR) is 92.0 cm³/mol. The highest BCUT2D eigenvalue weighted by Crippen LogP contribution is 2.32. The minimum atomic E-state index is -4.66. The van der Waals surface area contributed by atoms with Crippen LogP contribution in [0.2, 0.25) is 0 Å². The lowest BCUT2D eigenvalue weighted by atomic mass is 10.1. The SMILES string of the molecule is CC(C)(C)OC(=O)N1CCN(c2ncc(C(F)(F)F)cc2F)[C@H](CS)C1. The summed E-state index contributed by atoms with van der Waals surface area (Å²) in [4.78, 5) is 18.9. The van der Waals surface area contributed by atoms with E-state index in [0.29, 0.717) is 12.3 Å². The molecule has 1 amide bonds. The Hall–Kier alpha value is -1.71. The van der Waals surface area contributed by atoms with E-state index < -0.39 is 35.3 Å². The molecule has 0 aliphatic carbocycles. The van der Waals surface area contributed by atoms with E-state index in [-0.39, 0.29) is 31.2 Å². The Morgan fingerprint density at radius 1 is 1.35 bits per heavy atom. The number of carbonyl (C=O) groups excluding carboxylic acids is 1. The first kappa shape index (κ1) is 20.6. The second kappa shape index (κ2) is 7.50. The van der Waals surface area contributed by atoms with Crippen LogP contribution < -0.4 is 4.90 Å². The van der Waals surface area contributed by atoms with E-state index in [9.17, 15) is 22.4 Å². The summed E-state index contributed by atoms with van der Waals surface area (Å²) in [6, 6.07) is 0.0244. The Kier molecular flexibility index (Phi) is 5.94. The van der Waals surface area contributed by atoms with Crippen molar-refractivity contribution >= 4 is 24.5 Å². The molecule has 1 aliphatic rings. The number of aromatic nitrogens is 1. The lowest BCUT2D eigenvalue weighted by molar-refractivity contribution is -0.138. The second-order valence-electron chi connectivity index (χ2n) is 6.98. The highest BCUT2D eigenvalue weighted by molar-refractivity contribution is 7.80. The van der Waals surface area contributed by atoms with E-state index in [1.54, 1.807) is 20.8 Å². The van der Waals surface area contributed by atoms with E-state index in [1.165, 1.54) is 9.80 Å². The molecule has 1 aromatic heterocycles. The summed E-state index contributed by atoms with van der Waals surface area (Å²) in [6.07, 6.45) is -4.55. The van der Waals surface area contributed by atoms with E-state index in [2.05, 4.69) is 17.6 Å². The van der Waals surface area contributed by atoms with Crippen molar-refractivity contribution in [3.8, 4) is 0 Å². The van der Waals surface area contributed by atoms with Crippen LogP contribution in [-0.4, -0.2) is 53.0 Å². The van der Waals surface area contributed by atoms with Crippen molar-refractivity contribution in [3.05, 3.63) is 23.6 Å². The molecule has 1 saturated heterocycles. The smallest absolute Gasteiger partial charge is 0.417 e. The molecule has 1 aliphatic heterocycles. The number of rotatable bonds is 2. The molecule has 2 rings (SSSR count). The average Bonchev–Trinajstić information content (AvgIpc) is 2.51. The van der Waals surface area contributed by atoms with Crippen LogP contribution >= 0.6 is 12.6 Å². The Morgan fingerprint density at radius 3 is 2.50 bits per heavy atom. The summed E-state index contributed by atoms with van der Waals surface area (Å²) in [5, 5.41) is 0. The van der Waals surface area contributed by atoms with Crippen LogP contribution in [0.15, 0.2) is 12.3 Å². The fraction of sp³-hybridized carbons (Fsp3) is 0.625. The Balaban J connectivity index is 2.16. The molecular weight excluding hydrogens is 374 g/mol. The van der Waals surface area contributed by atoms with Gasteiger partial charge in [-0.15, -0.1) is 0 Å². The van der Waals surface area contributed by atoms with Gasteiger partial charge in [-0.2, -0.15) is 25.8 Å². The highest BCUT2D eigenvalue weighted by atomic mass is 32.1. The van der Waals surface area contributed by atoms with Gasteiger partial charge in [0.15, 0.2) is 11.6 Å². The molecule has 1 aromatic rings. The van der Waals surface area contributed by atoms with Gasteiger partial charge in [-0.1, -0.05) is 0 Å². The first-order valence-corrected chi connectivity index (χ1v) is 8.64. The van der Waals surface area contributed by atoms with Gasteiger partial charge in [0.25, 0.3) is 0 Å². The molecule has 10 heteroatoms. The number of thiol groups is 1. The van der Waals surface area contributed by atoms with Crippen LogP contribution in [-0.2, 0) is 10.9 Å². The monoisotopic (exact) mass is 395 g/mol. The van der Waals surface area contributed by atoms with Crippen molar-refractivity contribution in [2.75, 3.05) is 30.3 Å². The van der Waals surface area contributed by atoms with Crippen molar-refractivity contribution in [3.63, 3.8) is 0 Å². The topological polar surface area (TPSA) is 45.7 Å². The third-order valence-electron chi connectivity index (χ3n) is 3.77. The molecule has 0 N–H and O–H groups in total. The summed E-state index contributed by atoms with van der Waals surface area (Å²) in [5.41, 5.74) is -1.79. The van der Waals surface area contributed by atoms with Crippen molar-refractivity contribution in [1.82, 2.24) is 9.88 Å². The number of halogens is 4. The van der Waals surface area contributed by atoms with Gasteiger partial charge in [-0.05, 0) is 26.8 Å². The third kappa shape index (κ3) is 4.93. The molecule has 0 unspecified atom stereocenters. The van der Waals surface area contributed by atoms with E-state index >= 15 is 0 Å². The maximum atomic E-state index is 14.2. The first-order chi connectivity index (χ1) is 11.9. The molecule has 0 bridgehead atoms. The normalized spacial score (nSPS) is 18.8. The van der Waals surface area contributed by atoms with Crippen molar-refractivity contribution in [1.29, 1.82) is 0 Å². The van der Waals surface area contributed by atoms with Gasteiger partial charge in [-0.25, -0.2) is 14.2 Å². The van der Waals surface area contributed by atoms with Gasteiger partial charge in [0, 0.05) is 31.6 Å². The molecule has 146 valence electrons. The fourth-order valence-electron chi connectivity index (χ4n) is 2.58. The number of amides is 1. The summed E-state index contributed by atoms with van der Waals surface area (Å²) < 4.78 is 57.5. The van der Waals surface area contributed by atoms with Crippen molar-refractivity contribution in [2.24, 2.45) is 0 Å². The molecule has 0 spiro atoms. The number of anilines is 1. The van der Waals surface area contributed by atoms with E-state index in [1.807, 2.05) is 0 Å². The van der Waals surface area contributed by atoms with Gasteiger partial charge in [0.05, 0.1) is 11.6 Å². The van der Waals surface area contributed by atoms with Crippen LogP contribution in [0.1, 0.15) is 26.3 Å². The summed E-state index contributed by atoms with van der Waals surface area (Å²) in [7, 11) is 0. The molecule has 0 aromatic carbocycles. The number of hydrogen-bond donors (Lipinski definition) is 1. The molecule has 1 fully saturated rings. The predicted octanol–water partition coefficient (Wildman–Crippen LogP) is 3.60. The van der Waals surface area contributed by atoms with Gasteiger partial charge in [-0.3, -0.25) is 0 Å². The zero-order valence-corrected chi connectivity index (χ0v) is 15.6. The first-order valence-electron chi connectivity index (χ1n) is 8.00.